The highest BCUT2D eigenvalue weighted by Crippen LogP contribution is 2.31. The largest absolute Gasteiger partial charge is 0.370 e. The van der Waals surface area contributed by atoms with Crippen LogP contribution in [0.2, 0.25) is 0 Å². The summed E-state index contributed by atoms with van der Waals surface area (Å²) in [5.74, 6) is 1.61. The smallest absolute Gasteiger partial charge is 0.256 e. The summed E-state index contributed by atoms with van der Waals surface area (Å²) in [7, 11) is -3.46. The van der Waals surface area contributed by atoms with Crippen molar-refractivity contribution in [2.24, 2.45) is 5.73 Å². The molecule has 0 unspecified atom stereocenters. The number of amides is 1. The van der Waals surface area contributed by atoms with Crippen LogP contribution in [0, 0.1) is 0 Å². The number of hydrogen-bond donors (Lipinski definition) is 3. The third-order valence-electron chi connectivity index (χ3n) is 5.68. The van der Waals surface area contributed by atoms with E-state index >= 15 is 0 Å². The van der Waals surface area contributed by atoms with Crippen molar-refractivity contribution in [2.75, 3.05) is 17.2 Å². The minimum Gasteiger partial charge on any atom is -0.370 e. The van der Waals surface area contributed by atoms with Gasteiger partial charge in [-0.15, -0.1) is 0 Å². The summed E-state index contributed by atoms with van der Waals surface area (Å²) in [5, 5.41) is 15.4. The number of primary amides is 1. The first-order valence-electron chi connectivity index (χ1n) is 11.5. The van der Waals surface area contributed by atoms with Crippen LogP contribution in [0.25, 0.3) is 22.3 Å². The van der Waals surface area contributed by atoms with Crippen molar-refractivity contribution in [2.45, 2.75) is 44.4 Å². The zero-order chi connectivity index (χ0) is 25.4. The summed E-state index contributed by atoms with van der Waals surface area (Å²) < 4.78 is 27.7. The average Bonchev–Trinajstić information content (AvgIpc) is 3.47. The molecular weight excluding hydrogens is 484 g/mol. The molecule has 36 heavy (non-hydrogen) atoms. The van der Waals surface area contributed by atoms with Gasteiger partial charge in [-0.3, -0.25) is 9.48 Å². The molecule has 1 fully saturated rings. The average molecular weight is 511 g/mol. The van der Waals surface area contributed by atoms with Crippen LogP contribution >= 0.6 is 0 Å². The van der Waals surface area contributed by atoms with Gasteiger partial charge in [0, 0.05) is 37.5 Å². The Hall–Kier alpha value is -4.07. The Labute approximate surface area is 207 Å². The van der Waals surface area contributed by atoms with E-state index in [2.05, 4.69) is 35.8 Å². The van der Waals surface area contributed by atoms with E-state index in [0.29, 0.717) is 48.2 Å². The molecule has 13 nitrogen and oxygen atoms in total. The fourth-order valence-corrected chi connectivity index (χ4v) is 5.18. The lowest BCUT2D eigenvalue weighted by Crippen LogP contribution is -2.17. The Morgan fingerprint density at radius 1 is 1.22 bits per heavy atom. The van der Waals surface area contributed by atoms with Gasteiger partial charge in [0.15, 0.2) is 11.6 Å². The van der Waals surface area contributed by atoms with Crippen LogP contribution in [0.1, 0.15) is 39.2 Å². The monoisotopic (exact) mass is 510 g/mol. The van der Waals surface area contributed by atoms with Gasteiger partial charge < -0.3 is 16.4 Å². The standard InChI is InChI=1S/C22H26N10O3S/c1-13(2)32-17-9-20(26-11-16(17)22(30-32)25-7-5-18(23)33)28-19-6-8-24-21(29-19)14-10-27-31(12-14)36(34,35)15-3-4-15/h6,8-13,15H,3-5,7H2,1-2H3,(H2,23,33)(H,25,30)(H,24,26,28,29). The van der Waals surface area contributed by atoms with Crippen LogP contribution in [-0.4, -0.2) is 60.0 Å². The first-order chi connectivity index (χ1) is 17.2. The number of anilines is 3. The maximum absolute atomic E-state index is 12.4. The molecule has 188 valence electrons. The van der Waals surface area contributed by atoms with Crippen LogP contribution < -0.4 is 16.4 Å². The van der Waals surface area contributed by atoms with Crippen LogP contribution in [0.3, 0.4) is 0 Å². The zero-order valence-electron chi connectivity index (χ0n) is 19.8. The Balaban J connectivity index is 1.39. The number of fused-ring (bicyclic) bond motifs is 1. The van der Waals surface area contributed by atoms with E-state index in [1.165, 1.54) is 12.4 Å². The van der Waals surface area contributed by atoms with E-state index in [1.807, 2.05) is 24.6 Å². The second kappa shape index (κ2) is 9.18. The molecule has 1 amide bonds. The number of nitrogens with zero attached hydrogens (tertiary/aromatic N) is 7. The molecule has 0 aliphatic heterocycles. The Kier molecular flexibility index (Phi) is 6.04. The maximum Gasteiger partial charge on any atom is 0.256 e. The molecule has 14 heteroatoms. The molecule has 0 aromatic carbocycles. The first kappa shape index (κ1) is 23.7. The molecule has 0 bridgehead atoms. The van der Waals surface area contributed by atoms with Crippen molar-refractivity contribution in [3.63, 3.8) is 0 Å². The summed E-state index contributed by atoms with van der Waals surface area (Å²) in [6, 6.07) is 3.64. The number of nitrogens with one attached hydrogen (secondary N) is 2. The molecule has 1 aliphatic carbocycles. The van der Waals surface area contributed by atoms with E-state index in [-0.39, 0.29) is 23.6 Å². The van der Waals surface area contributed by atoms with Gasteiger partial charge in [-0.05, 0) is 32.8 Å². The second-order valence-electron chi connectivity index (χ2n) is 8.85. The van der Waals surface area contributed by atoms with Crippen LogP contribution in [0.15, 0.2) is 36.9 Å². The van der Waals surface area contributed by atoms with Crippen molar-refractivity contribution < 1.29 is 13.2 Å². The molecule has 4 aromatic rings. The molecular formula is C22H26N10O3S. The molecule has 4 aromatic heterocycles. The van der Waals surface area contributed by atoms with Crippen LogP contribution in [0.5, 0.6) is 0 Å². The van der Waals surface area contributed by atoms with Crippen LogP contribution in [-0.2, 0) is 14.8 Å². The predicted octanol–water partition coefficient (Wildman–Crippen LogP) is 2.04. The van der Waals surface area contributed by atoms with Crippen molar-refractivity contribution in [1.29, 1.82) is 0 Å². The van der Waals surface area contributed by atoms with Crippen molar-refractivity contribution in [3.8, 4) is 11.4 Å². The number of rotatable bonds is 10. The highest BCUT2D eigenvalue weighted by Gasteiger charge is 2.37. The molecule has 0 saturated heterocycles. The van der Waals surface area contributed by atoms with Crippen LogP contribution in [0.4, 0.5) is 17.5 Å². The van der Waals surface area contributed by atoms with Gasteiger partial charge in [-0.2, -0.15) is 14.3 Å². The number of carbonyl (C=O) groups is 1. The first-order valence-corrected chi connectivity index (χ1v) is 13.0. The van der Waals surface area contributed by atoms with E-state index in [0.717, 1.165) is 15.0 Å². The minimum atomic E-state index is -3.46. The van der Waals surface area contributed by atoms with Gasteiger partial charge in [0.25, 0.3) is 10.0 Å². The lowest BCUT2D eigenvalue weighted by atomic mass is 10.3. The van der Waals surface area contributed by atoms with Gasteiger partial charge >= 0.3 is 0 Å². The predicted molar refractivity (Wildman–Crippen MR) is 134 cm³/mol. The van der Waals surface area contributed by atoms with E-state index in [1.54, 1.807) is 18.5 Å². The van der Waals surface area contributed by atoms with Crippen molar-refractivity contribution >= 4 is 44.3 Å². The maximum atomic E-state index is 12.4. The summed E-state index contributed by atoms with van der Waals surface area (Å²) in [4.78, 5) is 24.3. The van der Waals surface area contributed by atoms with Gasteiger partial charge in [-0.1, -0.05) is 0 Å². The summed E-state index contributed by atoms with van der Waals surface area (Å²) in [6.45, 7) is 4.42. The Morgan fingerprint density at radius 2 is 2.03 bits per heavy atom. The van der Waals surface area contributed by atoms with E-state index in [9.17, 15) is 13.2 Å². The molecule has 4 N–H and O–H groups in total. The van der Waals surface area contributed by atoms with E-state index in [4.69, 9.17) is 5.73 Å². The molecule has 1 saturated carbocycles. The normalized spacial score (nSPS) is 13.9. The fourth-order valence-electron chi connectivity index (χ4n) is 3.71. The lowest BCUT2D eigenvalue weighted by Gasteiger charge is -2.09. The third kappa shape index (κ3) is 4.71. The highest BCUT2D eigenvalue weighted by molar-refractivity contribution is 7.90. The fraction of sp³-hybridized carbons (Fsp3) is 0.364. The van der Waals surface area contributed by atoms with Gasteiger partial charge in [0.05, 0.1) is 34.1 Å². The van der Waals surface area contributed by atoms with Gasteiger partial charge in [0.1, 0.15) is 11.6 Å². The third-order valence-corrected chi connectivity index (χ3v) is 7.72. The number of hydrogen-bond acceptors (Lipinski definition) is 10. The Morgan fingerprint density at radius 3 is 2.75 bits per heavy atom. The van der Waals surface area contributed by atoms with Crippen molar-refractivity contribution in [3.05, 3.63) is 36.9 Å². The topological polar surface area (TPSA) is 176 Å². The van der Waals surface area contributed by atoms with E-state index < -0.39 is 10.0 Å². The summed E-state index contributed by atoms with van der Waals surface area (Å²) in [6.07, 6.45) is 7.67. The molecule has 1 aliphatic rings. The number of nitrogens with two attached hydrogens (primary N) is 1. The molecule has 0 spiro atoms. The summed E-state index contributed by atoms with van der Waals surface area (Å²) in [5.41, 5.74) is 6.58. The quantitative estimate of drug-likeness (QED) is 0.286. The highest BCUT2D eigenvalue weighted by atomic mass is 32.2. The molecule has 0 atom stereocenters. The minimum absolute atomic E-state index is 0.0866. The Bertz CT molecular complexity index is 1540. The summed E-state index contributed by atoms with van der Waals surface area (Å²) >= 11 is 0. The van der Waals surface area contributed by atoms with Gasteiger partial charge in [-0.25, -0.2) is 23.4 Å². The van der Waals surface area contributed by atoms with Crippen molar-refractivity contribution in [1.82, 2.24) is 33.9 Å². The number of pyridine rings is 1. The second-order valence-corrected chi connectivity index (χ2v) is 10.9. The molecule has 4 heterocycles. The van der Waals surface area contributed by atoms with Gasteiger partial charge in [0.2, 0.25) is 5.91 Å². The lowest BCUT2D eigenvalue weighted by molar-refractivity contribution is -0.117. The molecule has 5 rings (SSSR count). The number of aromatic nitrogens is 7. The molecule has 0 radical (unpaired) electrons. The zero-order valence-corrected chi connectivity index (χ0v) is 20.6. The number of carbonyl (C=O) groups excluding carboxylic acids is 1. The SMILES string of the molecule is CC(C)n1nc(NCCC(N)=O)c2cnc(Nc3ccnc(-c4cnn(S(=O)(=O)C5CC5)c4)n3)cc21.